The first-order valence-corrected chi connectivity index (χ1v) is 6.25. The molecule has 8 heteroatoms. The Kier molecular flexibility index (Phi) is 3.80. The van der Waals surface area contributed by atoms with Crippen molar-refractivity contribution in [2.75, 3.05) is 0 Å². The number of nitrogens with zero attached hydrogens (tertiary/aromatic N) is 6. The van der Waals surface area contributed by atoms with Crippen LogP contribution in [0.4, 0.5) is 0 Å². The largest absolute Gasteiger partial charge is 0.257 e. The van der Waals surface area contributed by atoms with Crippen molar-refractivity contribution in [3.8, 4) is 0 Å². The van der Waals surface area contributed by atoms with E-state index in [1.54, 1.807) is 22.5 Å². The van der Waals surface area contributed by atoms with Crippen molar-refractivity contribution in [3.05, 3.63) is 29.6 Å². The molecule has 0 aliphatic carbocycles. The second-order valence-corrected chi connectivity index (χ2v) is 4.63. The van der Waals surface area contributed by atoms with Crippen molar-refractivity contribution >= 4 is 23.4 Å². The Morgan fingerprint density at radius 3 is 3.06 bits per heavy atom. The molecule has 0 aliphatic rings. The minimum Gasteiger partial charge on any atom is -0.257 e. The number of tetrazole rings is 1. The van der Waals surface area contributed by atoms with E-state index >= 15 is 0 Å². The molecule has 6 nitrogen and oxygen atoms in total. The van der Waals surface area contributed by atoms with Crippen LogP contribution in [-0.2, 0) is 19.3 Å². The van der Waals surface area contributed by atoms with Gasteiger partial charge in [0.25, 0.3) is 0 Å². The first kappa shape index (κ1) is 12.1. The van der Waals surface area contributed by atoms with Gasteiger partial charge in [0.2, 0.25) is 5.16 Å². The fourth-order valence-electron chi connectivity index (χ4n) is 1.25. The van der Waals surface area contributed by atoms with E-state index in [9.17, 15) is 0 Å². The smallest absolute Gasteiger partial charge is 0.209 e. The Balaban J connectivity index is 2.01. The molecular formula is C9H11ClN6S. The second-order valence-electron chi connectivity index (χ2n) is 3.30. The van der Waals surface area contributed by atoms with Gasteiger partial charge >= 0.3 is 0 Å². The molecule has 0 atom stereocenters. The van der Waals surface area contributed by atoms with Crippen LogP contribution in [0.1, 0.15) is 5.69 Å². The molecule has 0 aliphatic heterocycles. The van der Waals surface area contributed by atoms with Gasteiger partial charge in [-0.05, 0) is 16.5 Å². The molecule has 0 bridgehead atoms. The van der Waals surface area contributed by atoms with Crippen LogP contribution in [0.5, 0.6) is 0 Å². The second kappa shape index (κ2) is 5.33. The van der Waals surface area contributed by atoms with E-state index < -0.39 is 0 Å². The molecule has 0 saturated carbocycles. The fraction of sp³-hybridized carbons (Fsp3) is 0.333. The quantitative estimate of drug-likeness (QED) is 0.609. The summed E-state index contributed by atoms with van der Waals surface area (Å²) in [5.41, 5.74) is 0.899. The highest BCUT2D eigenvalue weighted by Crippen LogP contribution is 2.20. The van der Waals surface area contributed by atoms with E-state index in [1.165, 1.54) is 11.8 Å². The molecular weight excluding hydrogens is 260 g/mol. The number of hydrogen-bond donors (Lipinski definition) is 0. The molecule has 0 spiro atoms. The van der Waals surface area contributed by atoms with Gasteiger partial charge in [-0.15, -0.1) is 11.7 Å². The molecule has 0 unspecified atom stereocenters. The zero-order valence-corrected chi connectivity index (χ0v) is 10.8. The highest BCUT2D eigenvalue weighted by atomic mass is 35.5. The monoisotopic (exact) mass is 270 g/mol. The maximum atomic E-state index is 5.90. The molecule has 0 radical (unpaired) electrons. The third-order valence-electron chi connectivity index (χ3n) is 2.02. The van der Waals surface area contributed by atoms with Gasteiger partial charge in [-0.2, -0.15) is 5.10 Å². The summed E-state index contributed by atoms with van der Waals surface area (Å²) in [6.07, 6.45) is 1.75. The average Bonchev–Trinajstić information content (AvgIpc) is 2.85. The topological polar surface area (TPSA) is 61.4 Å². The Hall–Kier alpha value is -1.34. The first-order valence-electron chi connectivity index (χ1n) is 4.89. The summed E-state index contributed by atoms with van der Waals surface area (Å²) in [4.78, 5) is 0. The van der Waals surface area contributed by atoms with Crippen molar-refractivity contribution in [2.45, 2.75) is 17.5 Å². The van der Waals surface area contributed by atoms with Crippen molar-refractivity contribution < 1.29 is 0 Å². The SMILES string of the molecule is C=CCn1nnnc1SCc1cc(Cl)n(C)n1. The predicted molar refractivity (Wildman–Crippen MR) is 65.8 cm³/mol. The number of halogens is 1. The molecule has 0 N–H and O–H groups in total. The van der Waals surface area contributed by atoms with E-state index in [4.69, 9.17) is 11.6 Å². The van der Waals surface area contributed by atoms with Gasteiger partial charge in [-0.3, -0.25) is 4.68 Å². The number of thioether (sulfide) groups is 1. The van der Waals surface area contributed by atoms with Crippen molar-refractivity contribution in [1.29, 1.82) is 0 Å². The normalized spacial score (nSPS) is 10.7. The zero-order valence-electron chi connectivity index (χ0n) is 9.25. The summed E-state index contributed by atoms with van der Waals surface area (Å²) in [5.74, 6) is 0.679. The summed E-state index contributed by atoms with van der Waals surface area (Å²) in [6.45, 7) is 4.25. The lowest BCUT2D eigenvalue weighted by Gasteiger charge is -1.98. The Bertz CT molecular complexity index is 500. The minimum atomic E-state index is 0.596. The molecule has 0 aromatic carbocycles. The molecule has 17 heavy (non-hydrogen) atoms. The Morgan fingerprint density at radius 2 is 2.41 bits per heavy atom. The van der Waals surface area contributed by atoms with Gasteiger partial charge in [0.15, 0.2) is 0 Å². The van der Waals surface area contributed by atoms with Crippen LogP contribution in [0.15, 0.2) is 23.9 Å². The van der Waals surface area contributed by atoms with Crippen LogP contribution in [0.3, 0.4) is 0 Å². The van der Waals surface area contributed by atoms with Gasteiger partial charge in [0.05, 0.1) is 12.2 Å². The number of rotatable bonds is 5. The molecule has 2 aromatic heterocycles. The number of hydrogen-bond acceptors (Lipinski definition) is 5. The third-order valence-corrected chi connectivity index (χ3v) is 3.37. The number of aryl methyl sites for hydroxylation is 1. The summed E-state index contributed by atoms with van der Waals surface area (Å²) in [7, 11) is 1.80. The molecule has 0 fully saturated rings. The lowest BCUT2D eigenvalue weighted by molar-refractivity contribution is 0.614. The molecule has 0 saturated heterocycles. The fourth-order valence-corrected chi connectivity index (χ4v) is 2.18. The van der Waals surface area contributed by atoms with Crippen molar-refractivity contribution in [1.82, 2.24) is 30.0 Å². The zero-order chi connectivity index (χ0) is 12.3. The van der Waals surface area contributed by atoms with Gasteiger partial charge in [-0.25, -0.2) is 4.68 Å². The van der Waals surface area contributed by atoms with E-state index in [-0.39, 0.29) is 0 Å². The van der Waals surface area contributed by atoms with E-state index in [0.29, 0.717) is 17.5 Å². The summed E-state index contributed by atoms with van der Waals surface area (Å²) in [6, 6.07) is 1.83. The van der Waals surface area contributed by atoms with Gasteiger partial charge in [0, 0.05) is 12.8 Å². The Labute approximate surface area is 108 Å². The van der Waals surface area contributed by atoms with E-state index in [1.807, 2.05) is 6.07 Å². The highest BCUT2D eigenvalue weighted by molar-refractivity contribution is 7.98. The van der Waals surface area contributed by atoms with Gasteiger partial charge in [0.1, 0.15) is 5.15 Å². The van der Waals surface area contributed by atoms with Crippen LogP contribution < -0.4 is 0 Å². The summed E-state index contributed by atoms with van der Waals surface area (Å²) < 4.78 is 3.31. The lowest BCUT2D eigenvalue weighted by Crippen LogP contribution is -2.00. The lowest BCUT2D eigenvalue weighted by atomic mass is 10.5. The molecule has 2 rings (SSSR count). The van der Waals surface area contributed by atoms with Gasteiger partial charge < -0.3 is 0 Å². The van der Waals surface area contributed by atoms with Crippen LogP contribution in [0.2, 0.25) is 5.15 Å². The summed E-state index contributed by atoms with van der Waals surface area (Å²) in [5, 5.41) is 17.0. The maximum Gasteiger partial charge on any atom is 0.209 e. The van der Waals surface area contributed by atoms with Crippen molar-refractivity contribution in [3.63, 3.8) is 0 Å². The molecule has 90 valence electrons. The van der Waals surface area contributed by atoms with Crippen LogP contribution in [0.25, 0.3) is 0 Å². The molecule has 0 amide bonds. The number of aromatic nitrogens is 6. The van der Waals surface area contributed by atoms with Crippen molar-refractivity contribution in [2.24, 2.45) is 7.05 Å². The Morgan fingerprint density at radius 1 is 1.59 bits per heavy atom. The number of allylic oxidation sites excluding steroid dienone is 1. The van der Waals surface area contributed by atoms with Crippen LogP contribution in [-0.4, -0.2) is 30.0 Å². The average molecular weight is 271 g/mol. The van der Waals surface area contributed by atoms with Gasteiger partial charge in [-0.1, -0.05) is 29.4 Å². The standard InChI is InChI=1S/C9H11ClN6S/c1-3-4-16-9(11-13-14-16)17-6-7-5-8(10)15(2)12-7/h3,5H,1,4,6H2,2H3. The van der Waals surface area contributed by atoms with Crippen LogP contribution >= 0.6 is 23.4 Å². The first-order chi connectivity index (χ1) is 8.20. The van der Waals surface area contributed by atoms with E-state index in [2.05, 4.69) is 27.2 Å². The molecule has 2 heterocycles. The predicted octanol–water partition coefficient (Wildman–Crippen LogP) is 1.54. The third kappa shape index (κ3) is 2.86. The highest BCUT2D eigenvalue weighted by Gasteiger charge is 2.08. The minimum absolute atomic E-state index is 0.596. The van der Waals surface area contributed by atoms with Crippen LogP contribution in [0, 0.1) is 0 Å². The van der Waals surface area contributed by atoms with E-state index in [0.717, 1.165) is 10.9 Å². The maximum absolute atomic E-state index is 5.90. The summed E-state index contributed by atoms with van der Waals surface area (Å²) >= 11 is 7.42. The molecule has 2 aromatic rings.